The molecule has 0 unspecified atom stereocenters. The lowest BCUT2D eigenvalue weighted by atomic mass is 9.97. The highest BCUT2D eigenvalue weighted by molar-refractivity contribution is 7.89. The zero-order chi connectivity index (χ0) is 13.3. The van der Waals surface area contributed by atoms with Crippen molar-refractivity contribution in [3.8, 4) is 0 Å². The smallest absolute Gasteiger partial charge is 0.207 e. The molecule has 0 fully saturated rings. The summed E-state index contributed by atoms with van der Waals surface area (Å²) in [5.74, 6) is -0.442. The van der Waals surface area contributed by atoms with Crippen LogP contribution in [0, 0.1) is 11.2 Å². The molecule has 96 valence electrons. The van der Waals surface area contributed by atoms with Gasteiger partial charge in [-0.15, -0.1) is 0 Å². The Balaban J connectivity index is 2.99. The third-order valence-electron chi connectivity index (χ3n) is 2.22. The second kappa shape index (κ2) is 4.74. The van der Waals surface area contributed by atoms with E-state index in [4.69, 9.17) is 0 Å². The molecular formula is C12H18FNO2S. The second-order valence-corrected chi connectivity index (χ2v) is 7.32. The average molecular weight is 259 g/mol. The van der Waals surface area contributed by atoms with Gasteiger partial charge >= 0.3 is 0 Å². The first-order chi connectivity index (χ1) is 7.63. The lowest BCUT2D eigenvalue weighted by Gasteiger charge is -2.26. The fourth-order valence-corrected chi connectivity index (χ4v) is 2.94. The van der Waals surface area contributed by atoms with Gasteiger partial charge in [-0.2, -0.15) is 0 Å². The summed E-state index contributed by atoms with van der Waals surface area (Å²) in [4.78, 5) is 0.116. The molecule has 0 aliphatic heterocycles. The summed E-state index contributed by atoms with van der Waals surface area (Å²) in [6.45, 7) is 6.30. The zero-order valence-corrected chi connectivity index (χ0v) is 11.4. The summed E-state index contributed by atoms with van der Waals surface area (Å²) in [5.41, 5.74) is -0.123. The fourth-order valence-electron chi connectivity index (χ4n) is 1.54. The Kier molecular flexibility index (Phi) is 3.94. The second-order valence-electron chi connectivity index (χ2n) is 5.28. The van der Waals surface area contributed by atoms with E-state index in [0.717, 1.165) is 12.1 Å². The number of benzene rings is 1. The van der Waals surface area contributed by atoms with E-state index >= 15 is 0 Å². The minimum Gasteiger partial charge on any atom is -0.207 e. The molecule has 1 rings (SSSR count). The largest absolute Gasteiger partial charge is 0.242 e. The van der Waals surface area contributed by atoms with Gasteiger partial charge in [-0.3, -0.25) is 0 Å². The minimum atomic E-state index is -3.52. The maximum Gasteiger partial charge on any atom is 0.242 e. The molecule has 0 aliphatic carbocycles. The van der Waals surface area contributed by atoms with E-state index in [1.54, 1.807) is 0 Å². The van der Waals surface area contributed by atoms with Gasteiger partial charge in [-0.25, -0.2) is 17.1 Å². The van der Waals surface area contributed by atoms with Gasteiger partial charge in [0.25, 0.3) is 0 Å². The van der Waals surface area contributed by atoms with Gasteiger partial charge in [0.1, 0.15) is 5.82 Å². The highest BCUT2D eigenvalue weighted by Crippen LogP contribution is 2.20. The molecule has 3 nitrogen and oxygen atoms in total. The van der Waals surface area contributed by atoms with Crippen molar-refractivity contribution < 1.29 is 12.8 Å². The minimum absolute atomic E-state index is 0.116. The van der Waals surface area contributed by atoms with Crippen LogP contribution in [0.15, 0.2) is 29.2 Å². The molecule has 0 N–H and O–H groups in total. The van der Waals surface area contributed by atoms with Gasteiger partial charge in [0.05, 0.1) is 4.90 Å². The highest BCUT2D eigenvalue weighted by atomic mass is 32.2. The Morgan fingerprint density at radius 1 is 1.18 bits per heavy atom. The van der Waals surface area contributed by atoms with Crippen LogP contribution in [0.4, 0.5) is 4.39 Å². The zero-order valence-electron chi connectivity index (χ0n) is 10.6. The van der Waals surface area contributed by atoms with Crippen LogP contribution in [0.3, 0.4) is 0 Å². The molecule has 0 heterocycles. The Bertz CT molecular complexity index is 474. The topological polar surface area (TPSA) is 37.4 Å². The van der Waals surface area contributed by atoms with Crippen LogP contribution in [0.5, 0.6) is 0 Å². The van der Waals surface area contributed by atoms with Gasteiger partial charge in [0.2, 0.25) is 10.0 Å². The van der Waals surface area contributed by atoms with Crippen LogP contribution < -0.4 is 0 Å². The molecule has 17 heavy (non-hydrogen) atoms. The van der Waals surface area contributed by atoms with Crippen molar-refractivity contribution in [3.05, 3.63) is 30.1 Å². The monoisotopic (exact) mass is 259 g/mol. The van der Waals surface area contributed by atoms with Crippen molar-refractivity contribution in [2.24, 2.45) is 5.41 Å². The SMILES string of the molecule is CN(CC(C)(C)C)S(=O)(=O)c1ccc(F)cc1. The van der Waals surface area contributed by atoms with Crippen molar-refractivity contribution in [3.63, 3.8) is 0 Å². The third-order valence-corrected chi connectivity index (χ3v) is 4.04. The fraction of sp³-hybridized carbons (Fsp3) is 0.500. The first-order valence-corrected chi connectivity index (χ1v) is 6.79. The van der Waals surface area contributed by atoms with Crippen LogP contribution in [-0.2, 0) is 10.0 Å². The highest BCUT2D eigenvalue weighted by Gasteiger charge is 2.25. The predicted molar refractivity (Wildman–Crippen MR) is 65.7 cm³/mol. The Morgan fingerprint density at radius 2 is 1.65 bits per heavy atom. The van der Waals surface area contributed by atoms with Gasteiger partial charge in [-0.05, 0) is 29.7 Å². The number of rotatable bonds is 3. The van der Waals surface area contributed by atoms with Gasteiger partial charge < -0.3 is 0 Å². The summed E-state index contributed by atoms with van der Waals surface area (Å²) in [5, 5.41) is 0. The number of hydrogen-bond acceptors (Lipinski definition) is 2. The molecular weight excluding hydrogens is 241 g/mol. The number of hydrogen-bond donors (Lipinski definition) is 0. The normalized spacial score (nSPS) is 13.1. The number of nitrogens with zero attached hydrogens (tertiary/aromatic N) is 1. The van der Waals surface area contributed by atoms with Crippen molar-refractivity contribution in [2.75, 3.05) is 13.6 Å². The summed E-state index contributed by atoms with van der Waals surface area (Å²) in [6.07, 6.45) is 0. The lowest BCUT2D eigenvalue weighted by Crippen LogP contribution is -2.34. The van der Waals surface area contributed by atoms with Crippen LogP contribution in [0.1, 0.15) is 20.8 Å². The molecule has 0 saturated heterocycles. The van der Waals surface area contributed by atoms with Crippen LogP contribution in [0.2, 0.25) is 0 Å². The standard InChI is InChI=1S/C12H18FNO2S/c1-12(2,3)9-14(4)17(15,16)11-7-5-10(13)6-8-11/h5-8H,9H2,1-4H3. The van der Waals surface area contributed by atoms with Gasteiger partial charge in [-0.1, -0.05) is 20.8 Å². The van der Waals surface area contributed by atoms with Crippen molar-refractivity contribution in [1.82, 2.24) is 4.31 Å². The summed E-state index contributed by atoms with van der Waals surface area (Å²) >= 11 is 0. The Labute approximate surface area is 102 Å². The molecule has 0 amide bonds. The van der Waals surface area contributed by atoms with E-state index in [2.05, 4.69) is 0 Å². The third kappa shape index (κ3) is 3.78. The molecule has 1 aromatic rings. The lowest BCUT2D eigenvalue weighted by molar-refractivity contribution is 0.311. The van der Waals surface area contributed by atoms with Gasteiger partial charge in [0.15, 0.2) is 0 Å². The first-order valence-electron chi connectivity index (χ1n) is 5.35. The van der Waals surface area contributed by atoms with E-state index in [1.807, 2.05) is 20.8 Å². The number of sulfonamides is 1. The van der Waals surface area contributed by atoms with Crippen molar-refractivity contribution >= 4 is 10.0 Å². The molecule has 0 spiro atoms. The molecule has 0 atom stereocenters. The molecule has 0 saturated carbocycles. The predicted octanol–water partition coefficient (Wildman–Crippen LogP) is 2.49. The van der Waals surface area contributed by atoms with Crippen LogP contribution in [-0.4, -0.2) is 26.3 Å². The van der Waals surface area contributed by atoms with E-state index in [1.165, 1.54) is 23.5 Å². The van der Waals surface area contributed by atoms with Gasteiger partial charge in [0, 0.05) is 13.6 Å². The molecule has 0 aromatic heterocycles. The van der Waals surface area contributed by atoms with Crippen LogP contribution >= 0.6 is 0 Å². The van der Waals surface area contributed by atoms with Crippen molar-refractivity contribution in [1.29, 1.82) is 0 Å². The molecule has 0 bridgehead atoms. The molecule has 0 aliphatic rings. The first kappa shape index (κ1) is 14.1. The van der Waals surface area contributed by atoms with Crippen LogP contribution in [0.25, 0.3) is 0 Å². The Hall–Kier alpha value is -0.940. The van der Waals surface area contributed by atoms with E-state index < -0.39 is 15.8 Å². The molecule has 1 aromatic carbocycles. The summed E-state index contributed by atoms with van der Waals surface area (Å²) < 4.78 is 38.3. The van der Waals surface area contributed by atoms with E-state index in [-0.39, 0.29) is 10.3 Å². The molecule has 5 heteroatoms. The number of halogens is 1. The van der Waals surface area contributed by atoms with E-state index in [9.17, 15) is 12.8 Å². The quantitative estimate of drug-likeness (QED) is 0.836. The van der Waals surface area contributed by atoms with Crippen molar-refractivity contribution in [2.45, 2.75) is 25.7 Å². The summed E-state index contributed by atoms with van der Waals surface area (Å²) in [6, 6.07) is 4.86. The summed E-state index contributed by atoms with van der Waals surface area (Å²) in [7, 11) is -1.99. The average Bonchev–Trinajstić information content (AvgIpc) is 2.15. The molecule has 0 radical (unpaired) electrons. The maximum atomic E-state index is 12.7. The Morgan fingerprint density at radius 3 is 2.06 bits per heavy atom. The maximum absolute atomic E-state index is 12.7. The van der Waals surface area contributed by atoms with E-state index in [0.29, 0.717) is 6.54 Å².